The Morgan fingerprint density at radius 3 is 2.21 bits per heavy atom. The van der Waals surface area contributed by atoms with Gasteiger partial charge in [0.1, 0.15) is 5.75 Å². The van der Waals surface area contributed by atoms with Gasteiger partial charge in [-0.15, -0.1) is 0 Å². The average Bonchev–Trinajstić information content (AvgIpc) is 2.74. The highest BCUT2D eigenvalue weighted by Crippen LogP contribution is 2.12. The summed E-state index contributed by atoms with van der Waals surface area (Å²) in [6, 6.07) is 20.3. The SMILES string of the molecule is CCOc1ccc(C(=O)C[n+]2ccc(C(=O)NCc3ccccc3)cc2)cc1. The molecule has 5 heteroatoms. The van der Waals surface area contributed by atoms with Crippen LogP contribution in [0, 0.1) is 0 Å². The second kappa shape index (κ2) is 9.46. The van der Waals surface area contributed by atoms with Gasteiger partial charge in [0, 0.05) is 24.2 Å². The minimum Gasteiger partial charge on any atom is -0.494 e. The van der Waals surface area contributed by atoms with E-state index < -0.39 is 0 Å². The minimum atomic E-state index is -0.145. The first-order valence-corrected chi connectivity index (χ1v) is 9.23. The number of ketones is 1. The summed E-state index contributed by atoms with van der Waals surface area (Å²) in [7, 11) is 0. The highest BCUT2D eigenvalue weighted by molar-refractivity contribution is 5.95. The average molecular weight is 375 g/mol. The maximum Gasteiger partial charge on any atom is 0.252 e. The molecule has 1 amide bonds. The van der Waals surface area contributed by atoms with Crippen LogP contribution in [0.2, 0.25) is 0 Å². The molecule has 0 saturated carbocycles. The van der Waals surface area contributed by atoms with Crippen molar-refractivity contribution in [2.24, 2.45) is 0 Å². The normalized spacial score (nSPS) is 10.3. The Hall–Kier alpha value is -3.47. The van der Waals surface area contributed by atoms with Crippen molar-refractivity contribution >= 4 is 11.7 Å². The summed E-state index contributed by atoms with van der Waals surface area (Å²) in [4.78, 5) is 24.7. The Balaban J connectivity index is 1.56. The van der Waals surface area contributed by atoms with Gasteiger partial charge in [0.25, 0.3) is 5.91 Å². The molecule has 1 heterocycles. The van der Waals surface area contributed by atoms with Crippen molar-refractivity contribution in [1.29, 1.82) is 0 Å². The number of carbonyl (C=O) groups is 2. The molecule has 0 saturated heterocycles. The van der Waals surface area contributed by atoms with Gasteiger partial charge in [-0.25, -0.2) is 0 Å². The third-order valence-electron chi connectivity index (χ3n) is 4.26. The molecule has 28 heavy (non-hydrogen) atoms. The molecule has 0 aliphatic carbocycles. The molecule has 2 aromatic carbocycles. The van der Waals surface area contributed by atoms with Gasteiger partial charge in [-0.2, -0.15) is 4.57 Å². The molecule has 1 N–H and O–H groups in total. The van der Waals surface area contributed by atoms with E-state index in [4.69, 9.17) is 4.74 Å². The number of hydrogen-bond donors (Lipinski definition) is 1. The van der Waals surface area contributed by atoms with Crippen LogP contribution in [0.15, 0.2) is 79.1 Å². The molecule has 0 fully saturated rings. The molecular weight excluding hydrogens is 352 g/mol. The van der Waals surface area contributed by atoms with E-state index in [9.17, 15) is 9.59 Å². The van der Waals surface area contributed by atoms with Gasteiger partial charge < -0.3 is 10.1 Å². The topological polar surface area (TPSA) is 59.3 Å². The first-order valence-electron chi connectivity index (χ1n) is 9.23. The van der Waals surface area contributed by atoms with E-state index in [1.165, 1.54) is 0 Å². The standard InChI is InChI=1S/C23H22N2O3/c1-2-28-21-10-8-19(9-11-21)22(26)17-25-14-12-20(13-15-25)23(27)24-16-18-6-4-3-5-7-18/h3-15H,2,16-17H2,1H3/p+1. The maximum atomic E-state index is 12.4. The Kier molecular flexibility index (Phi) is 6.52. The first-order chi connectivity index (χ1) is 13.7. The number of rotatable bonds is 8. The Morgan fingerprint density at radius 2 is 1.57 bits per heavy atom. The van der Waals surface area contributed by atoms with Gasteiger partial charge in [0.05, 0.1) is 12.2 Å². The van der Waals surface area contributed by atoms with Crippen LogP contribution in [0.5, 0.6) is 5.75 Å². The molecule has 0 aliphatic heterocycles. The van der Waals surface area contributed by atoms with Crippen LogP contribution < -0.4 is 14.6 Å². The minimum absolute atomic E-state index is 0.00525. The van der Waals surface area contributed by atoms with Crippen molar-refractivity contribution in [3.8, 4) is 5.75 Å². The molecular formula is C23H23N2O3+. The lowest BCUT2D eigenvalue weighted by atomic mass is 10.1. The maximum absolute atomic E-state index is 12.4. The third-order valence-corrected chi connectivity index (χ3v) is 4.26. The van der Waals surface area contributed by atoms with Crippen LogP contribution in [0.1, 0.15) is 33.2 Å². The predicted molar refractivity (Wildman–Crippen MR) is 106 cm³/mol. The number of benzene rings is 2. The van der Waals surface area contributed by atoms with E-state index in [2.05, 4.69) is 5.32 Å². The fourth-order valence-electron chi connectivity index (χ4n) is 2.76. The highest BCUT2D eigenvalue weighted by Gasteiger charge is 2.14. The van der Waals surface area contributed by atoms with Crippen molar-refractivity contribution in [3.63, 3.8) is 0 Å². The van der Waals surface area contributed by atoms with Crippen LogP contribution in [-0.2, 0) is 13.1 Å². The zero-order chi connectivity index (χ0) is 19.8. The molecule has 3 aromatic rings. The smallest absolute Gasteiger partial charge is 0.252 e. The first kappa shape index (κ1) is 19.3. The summed E-state index contributed by atoms with van der Waals surface area (Å²) in [5, 5.41) is 2.89. The van der Waals surface area contributed by atoms with E-state index in [0.717, 1.165) is 11.3 Å². The van der Waals surface area contributed by atoms with E-state index in [1.54, 1.807) is 53.4 Å². The number of Topliss-reactive ketones (excluding diaryl/α,β-unsaturated/α-hetero) is 1. The second-order valence-electron chi connectivity index (χ2n) is 6.31. The predicted octanol–water partition coefficient (Wildman–Crippen LogP) is 3.19. The zero-order valence-corrected chi connectivity index (χ0v) is 15.8. The molecule has 0 atom stereocenters. The number of ether oxygens (including phenoxy) is 1. The Labute approximate surface area is 164 Å². The van der Waals surface area contributed by atoms with Crippen LogP contribution >= 0.6 is 0 Å². The summed E-state index contributed by atoms with van der Waals surface area (Å²) in [6.07, 6.45) is 3.48. The molecule has 0 radical (unpaired) electrons. The summed E-state index contributed by atoms with van der Waals surface area (Å²) in [6.45, 7) is 3.19. The lowest BCUT2D eigenvalue weighted by Crippen LogP contribution is -2.37. The van der Waals surface area contributed by atoms with Crippen LogP contribution in [0.25, 0.3) is 0 Å². The van der Waals surface area contributed by atoms with Gasteiger partial charge >= 0.3 is 0 Å². The highest BCUT2D eigenvalue weighted by atomic mass is 16.5. The van der Waals surface area contributed by atoms with Crippen LogP contribution in [0.4, 0.5) is 0 Å². The number of pyridine rings is 1. The summed E-state index contributed by atoms with van der Waals surface area (Å²) < 4.78 is 7.14. The monoisotopic (exact) mass is 375 g/mol. The van der Waals surface area contributed by atoms with Gasteiger partial charge in [0.2, 0.25) is 12.3 Å². The van der Waals surface area contributed by atoms with Crippen LogP contribution in [0.3, 0.4) is 0 Å². The van der Waals surface area contributed by atoms with E-state index in [-0.39, 0.29) is 18.2 Å². The van der Waals surface area contributed by atoms with Crippen molar-refractivity contribution in [2.75, 3.05) is 6.61 Å². The molecule has 0 aliphatic rings. The number of hydrogen-bond acceptors (Lipinski definition) is 3. The largest absolute Gasteiger partial charge is 0.494 e. The molecule has 3 rings (SSSR count). The van der Waals surface area contributed by atoms with Crippen molar-refractivity contribution in [1.82, 2.24) is 5.32 Å². The van der Waals surface area contributed by atoms with Gasteiger partial charge in [-0.3, -0.25) is 9.59 Å². The van der Waals surface area contributed by atoms with Gasteiger partial charge in [-0.05, 0) is 36.8 Å². The van der Waals surface area contributed by atoms with Gasteiger partial charge in [-0.1, -0.05) is 30.3 Å². The Morgan fingerprint density at radius 1 is 0.893 bits per heavy atom. The van der Waals surface area contributed by atoms with E-state index in [0.29, 0.717) is 24.3 Å². The fraction of sp³-hybridized carbons (Fsp3) is 0.174. The third kappa shape index (κ3) is 5.27. The quantitative estimate of drug-likeness (QED) is 0.486. The number of nitrogens with zero attached hydrogens (tertiary/aromatic N) is 1. The molecule has 0 unspecified atom stereocenters. The molecule has 5 nitrogen and oxygen atoms in total. The van der Waals surface area contributed by atoms with E-state index >= 15 is 0 Å². The zero-order valence-electron chi connectivity index (χ0n) is 15.8. The fourth-order valence-corrected chi connectivity index (χ4v) is 2.76. The lowest BCUT2D eigenvalue weighted by molar-refractivity contribution is -0.683. The summed E-state index contributed by atoms with van der Waals surface area (Å²) >= 11 is 0. The van der Waals surface area contributed by atoms with Crippen molar-refractivity contribution in [3.05, 3.63) is 95.8 Å². The van der Waals surface area contributed by atoms with Crippen molar-refractivity contribution < 1.29 is 18.9 Å². The van der Waals surface area contributed by atoms with Crippen molar-refractivity contribution in [2.45, 2.75) is 20.0 Å². The summed E-state index contributed by atoms with van der Waals surface area (Å²) in [5.74, 6) is 0.598. The second-order valence-corrected chi connectivity index (χ2v) is 6.31. The lowest BCUT2D eigenvalue weighted by Gasteiger charge is -2.05. The Bertz CT molecular complexity index is 920. The molecule has 0 bridgehead atoms. The van der Waals surface area contributed by atoms with Gasteiger partial charge in [0.15, 0.2) is 12.4 Å². The molecule has 0 spiro atoms. The number of amides is 1. The van der Waals surface area contributed by atoms with Crippen LogP contribution in [-0.4, -0.2) is 18.3 Å². The number of nitrogens with one attached hydrogen (secondary N) is 1. The number of carbonyl (C=O) groups excluding carboxylic acids is 2. The molecule has 1 aromatic heterocycles. The summed E-state index contributed by atoms with van der Waals surface area (Å²) in [5.41, 5.74) is 2.23. The van der Waals surface area contributed by atoms with E-state index in [1.807, 2.05) is 37.3 Å². The molecule has 142 valence electrons. The number of aromatic nitrogens is 1.